The highest BCUT2D eigenvalue weighted by molar-refractivity contribution is 7.89. The Morgan fingerprint density at radius 1 is 1.45 bits per heavy atom. The molecule has 0 radical (unpaired) electrons. The Morgan fingerprint density at radius 3 is 2.77 bits per heavy atom. The van der Waals surface area contributed by atoms with Crippen molar-refractivity contribution in [3.8, 4) is 0 Å². The van der Waals surface area contributed by atoms with Crippen molar-refractivity contribution in [1.29, 1.82) is 0 Å². The molecule has 0 spiro atoms. The topological polar surface area (TPSA) is 105 Å². The molecule has 2 bridgehead atoms. The fraction of sp³-hybridized carbons (Fsp3) is 0.786. The van der Waals surface area contributed by atoms with E-state index in [1.165, 1.54) is 6.33 Å². The van der Waals surface area contributed by atoms with Gasteiger partial charge in [-0.2, -0.15) is 5.10 Å². The van der Waals surface area contributed by atoms with Crippen molar-refractivity contribution in [2.45, 2.75) is 39.5 Å². The lowest BCUT2D eigenvalue weighted by atomic mass is 9.70. The van der Waals surface area contributed by atoms with E-state index in [1.807, 2.05) is 13.8 Å². The third kappa shape index (κ3) is 2.38. The number of ketones is 1. The molecule has 2 unspecified atom stereocenters. The highest BCUT2D eigenvalue weighted by atomic mass is 32.2. The van der Waals surface area contributed by atoms with Crippen LogP contribution in [0.5, 0.6) is 0 Å². The molecular weight excluding hydrogens is 304 g/mol. The van der Waals surface area contributed by atoms with Gasteiger partial charge in [-0.1, -0.05) is 13.8 Å². The minimum absolute atomic E-state index is 0.0985. The zero-order chi connectivity index (χ0) is 16.0. The Labute approximate surface area is 130 Å². The lowest BCUT2D eigenvalue weighted by Crippen LogP contribution is -2.45. The zero-order valence-electron chi connectivity index (χ0n) is 12.9. The number of carbonyl (C=O) groups is 1. The molecule has 0 aliphatic heterocycles. The highest BCUT2D eigenvalue weighted by Crippen LogP contribution is 2.64. The van der Waals surface area contributed by atoms with Gasteiger partial charge >= 0.3 is 0 Å². The minimum Gasteiger partial charge on any atom is -0.299 e. The molecule has 22 heavy (non-hydrogen) atoms. The maximum atomic E-state index is 12.4. The summed E-state index contributed by atoms with van der Waals surface area (Å²) in [6.07, 6.45) is 4.01. The second kappa shape index (κ2) is 5.13. The third-order valence-electron chi connectivity index (χ3n) is 5.72. The number of sulfonamides is 1. The number of fused-ring (bicyclic) bond motifs is 2. The summed E-state index contributed by atoms with van der Waals surface area (Å²) in [5, 5.41) is 6.41. The van der Waals surface area contributed by atoms with E-state index in [0.29, 0.717) is 31.0 Å². The Morgan fingerprint density at radius 2 is 2.23 bits per heavy atom. The SMILES string of the molecule is CC1(C)C2CCC1(CS(=O)(=O)NCCc1ncn[nH]1)C(=O)C2. The van der Waals surface area contributed by atoms with Crippen molar-refractivity contribution in [2.75, 3.05) is 12.3 Å². The maximum absolute atomic E-state index is 12.4. The first-order chi connectivity index (χ1) is 10.3. The number of nitrogens with one attached hydrogen (secondary N) is 2. The molecule has 2 aliphatic rings. The number of H-pyrrole nitrogens is 1. The molecule has 122 valence electrons. The number of aromatic amines is 1. The molecule has 0 aromatic carbocycles. The first kappa shape index (κ1) is 15.6. The van der Waals surface area contributed by atoms with E-state index in [1.54, 1.807) is 0 Å². The lowest BCUT2D eigenvalue weighted by molar-refractivity contribution is -0.128. The summed E-state index contributed by atoms with van der Waals surface area (Å²) in [6.45, 7) is 4.34. The molecule has 2 N–H and O–H groups in total. The van der Waals surface area contributed by atoms with Crippen LogP contribution in [0.15, 0.2) is 6.33 Å². The average molecular weight is 326 g/mol. The quantitative estimate of drug-likeness (QED) is 0.799. The Balaban J connectivity index is 1.67. The molecule has 1 aromatic heterocycles. The number of hydrogen-bond donors (Lipinski definition) is 2. The molecule has 8 heteroatoms. The predicted octanol–water partition coefficient (Wildman–Crippen LogP) is 0.662. The lowest BCUT2D eigenvalue weighted by Gasteiger charge is -2.36. The zero-order valence-corrected chi connectivity index (χ0v) is 13.7. The largest absolute Gasteiger partial charge is 0.299 e. The Kier molecular flexibility index (Phi) is 3.64. The number of aromatic nitrogens is 3. The third-order valence-corrected chi connectivity index (χ3v) is 7.24. The molecule has 2 saturated carbocycles. The van der Waals surface area contributed by atoms with Gasteiger partial charge in [-0.05, 0) is 24.2 Å². The van der Waals surface area contributed by atoms with Crippen molar-refractivity contribution >= 4 is 15.8 Å². The van der Waals surface area contributed by atoms with Crippen LogP contribution in [0.4, 0.5) is 0 Å². The summed E-state index contributed by atoms with van der Waals surface area (Å²) < 4.78 is 27.4. The normalized spacial score (nSPS) is 30.1. The number of rotatable bonds is 6. The van der Waals surface area contributed by atoms with Crippen molar-refractivity contribution in [3.05, 3.63) is 12.2 Å². The van der Waals surface area contributed by atoms with Crippen LogP contribution < -0.4 is 4.72 Å². The van der Waals surface area contributed by atoms with Crippen LogP contribution in [0, 0.1) is 16.7 Å². The molecule has 1 heterocycles. The smallest absolute Gasteiger partial charge is 0.212 e. The first-order valence-electron chi connectivity index (χ1n) is 7.62. The predicted molar refractivity (Wildman–Crippen MR) is 80.4 cm³/mol. The van der Waals surface area contributed by atoms with Crippen molar-refractivity contribution in [3.63, 3.8) is 0 Å². The molecule has 2 atom stereocenters. The van der Waals surface area contributed by atoms with Gasteiger partial charge in [0.25, 0.3) is 0 Å². The van der Waals surface area contributed by atoms with Crippen LogP contribution in [0.1, 0.15) is 38.9 Å². The van der Waals surface area contributed by atoms with Crippen LogP contribution in [0.25, 0.3) is 0 Å². The summed E-state index contributed by atoms with van der Waals surface area (Å²) in [6, 6.07) is 0. The van der Waals surface area contributed by atoms with Gasteiger partial charge in [0.1, 0.15) is 17.9 Å². The van der Waals surface area contributed by atoms with E-state index < -0.39 is 15.4 Å². The number of hydrogen-bond acceptors (Lipinski definition) is 5. The minimum atomic E-state index is -3.50. The second-order valence-electron chi connectivity index (χ2n) is 7.00. The van der Waals surface area contributed by atoms with Crippen molar-refractivity contribution < 1.29 is 13.2 Å². The van der Waals surface area contributed by atoms with Crippen molar-refractivity contribution in [2.24, 2.45) is 16.7 Å². The van der Waals surface area contributed by atoms with E-state index in [0.717, 1.165) is 6.42 Å². The van der Waals surface area contributed by atoms with Gasteiger partial charge in [-0.15, -0.1) is 0 Å². The fourth-order valence-electron chi connectivity index (χ4n) is 4.16. The van der Waals surface area contributed by atoms with E-state index in [2.05, 4.69) is 19.9 Å². The molecule has 0 amide bonds. The van der Waals surface area contributed by atoms with Gasteiger partial charge in [-0.3, -0.25) is 9.89 Å². The standard InChI is InChI=1S/C14H22N4O3S/c1-13(2)10-3-5-14(13,11(19)7-10)8-22(20,21)17-6-4-12-15-9-16-18-12/h9-10,17H,3-8H2,1-2H3,(H,15,16,18). The molecule has 7 nitrogen and oxygen atoms in total. The van der Waals surface area contributed by atoms with E-state index >= 15 is 0 Å². The summed E-state index contributed by atoms with van der Waals surface area (Å²) in [5.74, 6) is 0.983. The molecular formula is C14H22N4O3S. The molecule has 2 aliphatic carbocycles. The fourth-order valence-corrected chi connectivity index (χ4v) is 6.00. The van der Waals surface area contributed by atoms with Crippen LogP contribution in [0.3, 0.4) is 0 Å². The van der Waals surface area contributed by atoms with E-state index in [4.69, 9.17) is 0 Å². The van der Waals surface area contributed by atoms with Gasteiger partial charge in [0, 0.05) is 24.8 Å². The summed E-state index contributed by atoms with van der Waals surface area (Å²) in [4.78, 5) is 16.4. The molecule has 2 fully saturated rings. The summed E-state index contributed by atoms with van der Waals surface area (Å²) in [7, 11) is -3.50. The second-order valence-corrected chi connectivity index (χ2v) is 8.81. The molecule has 3 rings (SSSR count). The number of nitrogens with zero attached hydrogens (tertiary/aromatic N) is 2. The van der Waals surface area contributed by atoms with Crippen molar-refractivity contribution in [1.82, 2.24) is 19.9 Å². The van der Waals surface area contributed by atoms with Gasteiger partial charge in [0.15, 0.2) is 0 Å². The van der Waals surface area contributed by atoms with Gasteiger partial charge in [0.2, 0.25) is 10.0 Å². The van der Waals surface area contributed by atoms with E-state index in [-0.39, 0.29) is 23.5 Å². The van der Waals surface area contributed by atoms with E-state index in [9.17, 15) is 13.2 Å². The molecule has 0 saturated heterocycles. The van der Waals surface area contributed by atoms with Crippen LogP contribution >= 0.6 is 0 Å². The Bertz CT molecular complexity index is 668. The van der Waals surface area contributed by atoms with Gasteiger partial charge in [-0.25, -0.2) is 18.1 Å². The van der Waals surface area contributed by atoms with Crippen LogP contribution in [-0.2, 0) is 21.2 Å². The molecule has 1 aromatic rings. The maximum Gasteiger partial charge on any atom is 0.212 e. The highest BCUT2D eigenvalue weighted by Gasteiger charge is 2.65. The van der Waals surface area contributed by atoms with Gasteiger partial charge in [0.05, 0.1) is 5.75 Å². The summed E-state index contributed by atoms with van der Waals surface area (Å²) in [5.41, 5.74) is -0.945. The number of Topliss-reactive ketones (excluding diaryl/α,β-unsaturated/α-hetero) is 1. The monoisotopic (exact) mass is 326 g/mol. The van der Waals surface area contributed by atoms with Crippen LogP contribution in [0.2, 0.25) is 0 Å². The number of carbonyl (C=O) groups excluding carboxylic acids is 1. The van der Waals surface area contributed by atoms with Gasteiger partial charge < -0.3 is 0 Å². The first-order valence-corrected chi connectivity index (χ1v) is 9.27. The Hall–Kier alpha value is -1.28. The average Bonchev–Trinajstić information content (AvgIpc) is 3.04. The summed E-state index contributed by atoms with van der Waals surface area (Å²) >= 11 is 0. The van der Waals surface area contributed by atoms with Crippen LogP contribution in [-0.4, -0.2) is 41.7 Å².